The van der Waals surface area contributed by atoms with Crippen LogP contribution >= 0.6 is 24.0 Å². The Balaban J connectivity index is 0.00000242. The van der Waals surface area contributed by atoms with Gasteiger partial charge in [0.25, 0.3) is 0 Å². The Hall–Kier alpha value is -1.34. The van der Waals surface area contributed by atoms with Crippen LogP contribution in [0.1, 0.15) is 13.3 Å². The van der Waals surface area contributed by atoms with E-state index in [0.29, 0.717) is 36.0 Å². The van der Waals surface area contributed by atoms with E-state index < -0.39 is 0 Å². The summed E-state index contributed by atoms with van der Waals surface area (Å²) in [5, 5.41) is 9.04. The number of amides is 2. The van der Waals surface area contributed by atoms with Crippen LogP contribution in [0.2, 0.25) is 5.02 Å². The van der Waals surface area contributed by atoms with Gasteiger partial charge >= 0.3 is 0 Å². The summed E-state index contributed by atoms with van der Waals surface area (Å²) in [6, 6.07) is 4.98. The van der Waals surface area contributed by atoms with Crippen molar-refractivity contribution in [2.75, 3.05) is 30.4 Å². The second-order valence-corrected chi connectivity index (χ2v) is 5.26. The molecule has 0 aliphatic carbocycles. The van der Waals surface area contributed by atoms with E-state index in [0.717, 1.165) is 6.54 Å². The highest BCUT2D eigenvalue weighted by molar-refractivity contribution is 6.33. The van der Waals surface area contributed by atoms with Gasteiger partial charge in [-0.25, -0.2) is 0 Å². The molecule has 6 nitrogen and oxygen atoms in total. The normalized spacial score (nSPS) is 17.3. The molecule has 8 heteroatoms. The quantitative estimate of drug-likeness (QED) is 0.778. The summed E-state index contributed by atoms with van der Waals surface area (Å²) in [6.07, 6.45) is 0.331. The minimum atomic E-state index is -0.219. The molecule has 1 atom stereocenters. The number of rotatable bonds is 4. The lowest BCUT2D eigenvalue weighted by atomic mass is 10.2. The number of anilines is 2. The topological polar surface area (TPSA) is 79.5 Å². The van der Waals surface area contributed by atoms with Crippen molar-refractivity contribution in [3.63, 3.8) is 0 Å². The molecule has 0 aromatic heterocycles. The van der Waals surface area contributed by atoms with E-state index in [4.69, 9.17) is 16.3 Å². The first kappa shape index (κ1) is 18.7. The molecule has 122 valence electrons. The molecule has 2 rings (SSSR count). The van der Waals surface area contributed by atoms with Crippen LogP contribution < -0.4 is 16.0 Å². The number of hydrogen-bond acceptors (Lipinski definition) is 4. The third-order valence-electron chi connectivity index (χ3n) is 2.99. The lowest BCUT2D eigenvalue weighted by Gasteiger charge is -2.23. The van der Waals surface area contributed by atoms with E-state index in [9.17, 15) is 9.59 Å². The van der Waals surface area contributed by atoms with E-state index in [-0.39, 0.29) is 30.3 Å². The van der Waals surface area contributed by atoms with Gasteiger partial charge in [-0.05, 0) is 18.2 Å². The zero-order chi connectivity index (χ0) is 15.2. The highest BCUT2D eigenvalue weighted by Crippen LogP contribution is 2.25. The average Bonchev–Trinajstić information content (AvgIpc) is 2.43. The smallest absolute Gasteiger partial charge is 0.226 e. The summed E-state index contributed by atoms with van der Waals surface area (Å²) in [6.45, 7) is 3.36. The number of hydrogen-bond donors (Lipinski definition) is 3. The van der Waals surface area contributed by atoms with Crippen molar-refractivity contribution < 1.29 is 14.3 Å². The Kier molecular flexibility index (Phi) is 7.61. The van der Waals surface area contributed by atoms with E-state index in [1.807, 2.05) is 0 Å². The molecule has 1 aliphatic heterocycles. The summed E-state index contributed by atoms with van der Waals surface area (Å²) in [5.41, 5.74) is 1.06. The summed E-state index contributed by atoms with van der Waals surface area (Å²) in [7, 11) is 0. The zero-order valence-electron chi connectivity index (χ0n) is 12.1. The van der Waals surface area contributed by atoms with Crippen molar-refractivity contribution in [3.8, 4) is 0 Å². The van der Waals surface area contributed by atoms with Crippen molar-refractivity contribution >= 4 is 47.2 Å². The average molecular weight is 348 g/mol. The standard InChI is InChI=1S/C14H18ClN3O3.ClH/c1-9(19)17-13-6-10(2-3-12(13)15)18-14(20)7-11-8-21-5-4-16-11;/h2-3,6,11,16H,4-5,7-8H2,1H3,(H,17,19)(H,18,20);1H. The van der Waals surface area contributed by atoms with E-state index in [2.05, 4.69) is 16.0 Å². The summed E-state index contributed by atoms with van der Waals surface area (Å²) < 4.78 is 5.30. The van der Waals surface area contributed by atoms with Crippen LogP contribution in [0.4, 0.5) is 11.4 Å². The molecule has 0 saturated carbocycles. The SMILES string of the molecule is CC(=O)Nc1cc(NC(=O)CC2COCCN2)ccc1Cl.Cl. The molecule has 1 aliphatic rings. The minimum absolute atomic E-state index is 0. The van der Waals surface area contributed by atoms with Crippen molar-refractivity contribution in [2.24, 2.45) is 0 Å². The Morgan fingerprint density at radius 3 is 2.82 bits per heavy atom. The van der Waals surface area contributed by atoms with E-state index >= 15 is 0 Å². The summed E-state index contributed by atoms with van der Waals surface area (Å²) in [5.74, 6) is -0.335. The Labute approximate surface area is 140 Å². The molecule has 1 saturated heterocycles. The second kappa shape index (κ2) is 8.95. The Morgan fingerprint density at radius 2 is 2.18 bits per heavy atom. The van der Waals surface area contributed by atoms with Crippen LogP contribution in [0.5, 0.6) is 0 Å². The van der Waals surface area contributed by atoms with Gasteiger partial charge in [0.1, 0.15) is 0 Å². The molecule has 1 heterocycles. The van der Waals surface area contributed by atoms with Gasteiger partial charge in [0.2, 0.25) is 11.8 Å². The maximum Gasteiger partial charge on any atom is 0.226 e. The predicted molar refractivity (Wildman–Crippen MR) is 88.9 cm³/mol. The van der Waals surface area contributed by atoms with Crippen molar-refractivity contribution in [3.05, 3.63) is 23.2 Å². The number of carbonyl (C=O) groups excluding carboxylic acids is 2. The van der Waals surface area contributed by atoms with Crippen molar-refractivity contribution in [1.82, 2.24) is 5.32 Å². The molecule has 22 heavy (non-hydrogen) atoms. The van der Waals surface area contributed by atoms with Gasteiger partial charge < -0.3 is 20.7 Å². The van der Waals surface area contributed by atoms with Crippen LogP contribution in [-0.2, 0) is 14.3 Å². The molecule has 1 aromatic carbocycles. The van der Waals surface area contributed by atoms with E-state index in [1.54, 1.807) is 18.2 Å². The first-order valence-corrected chi connectivity index (χ1v) is 7.10. The molecule has 1 unspecified atom stereocenters. The first-order valence-electron chi connectivity index (χ1n) is 6.72. The van der Waals surface area contributed by atoms with Gasteiger partial charge in [0.15, 0.2) is 0 Å². The number of carbonyl (C=O) groups is 2. The van der Waals surface area contributed by atoms with Gasteiger partial charge in [-0.1, -0.05) is 11.6 Å². The van der Waals surface area contributed by atoms with Crippen LogP contribution in [0.3, 0.4) is 0 Å². The number of nitrogens with one attached hydrogen (secondary N) is 3. The maximum atomic E-state index is 12.0. The molecule has 3 N–H and O–H groups in total. The predicted octanol–water partition coefficient (Wildman–Crippen LogP) is 2.04. The minimum Gasteiger partial charge on any atom is -0.378 e. The third-order valence-corrected chi connectivity index (χ3v) is 3.32. The molecule has 1 fully saturated rings. The lowest BCUT2D eigenvalue weighted by Crippen LogP contribution is -2.43. The Morgan fingerprint density at radius 1 is 1.41 bits per heavy atom. The molecule has 0 radical (unpaired) electrons. The van der Waals surface area contributed by atoms with Gasteiger partial charge in [-0.15, -0.1) is 12.4 Å². The number of benzene rings is 1. The van der Waals surface area contributed by atoms with Crippen molar-refractivity contribution in [2.45, 2.75) is 19.4 Å². The molecule has 1 aromatic rings. The fraction of sp³-hybridized carbons (Fsp3) is 0.429. The second-order valence-electron chi connectivity index (χ2n) is 4.85. The number of ether oxygens (including phenoxy) is 1. The maximum absolute atomic E-state index is 12.0. The van der Waals surface area contributed by atoms with Crippen molar-refractivity contribution in [1.29, 1.82) is 0 Å². The van der Waals surface area contributed by atoms with E-state index in [1.165, 1.54) is 6.92 Å². The first-order chi connectivity index (χ1) is 10.0. The van der Waals surface area contributed by atoms with Crippen LogP contribution in [0.25, 0.3) is 0 Å². The molecule has 0 bridgehead atoms. The lowest BCUT2D eigenvalue weighted by molar-refractivity contribution is -0.117. The molecule has 2 amide bonds. The largest absolute Gasteiger partial charge is 0.378 e. The highest BCUT2D eigenvalue weighted by atomic mass is 35.5. The fourth-order valence-electron chi connectivity index (χ4n) is 2.08. The zero-order valence-corrected chi connectivity index (χ0v) is 13.7. The molecule has 0 spiro atoms. The third kappa shape index (κ3) is 5.81. The summed E-state index contributed by atoms with van der Waals surface area (Å²) >= 11 is 5.98. The van der Waals surface area contributed by atoms with Gasteiger partial charge in [-0.3, -0.25) is 9.59 Å². The highest BCUT2D eigenvalue weighted by Gasteiger charge is 2.17. The molecular weight excluding hydrogens is 329 g/mol. The number of morpholine rings is 1. The summed E-state index contributed by atoms with van der Waals surface area (Å²) in [4.78, 5) is 23.1. The van der Waals surface area contributed by atoms with Gasteiger partial charge in [-0.2, -0.15) is 0 Å². The number of halogens is 2. The van der Waals surface area contributed by atoms with Gasteiger partial charge in [0.05, 0.1) is 23.9 Å². The fourth-order valence-corrected chi connectivity index (χ4v) is 2.24. The monoisotopic (exact) mass is 347 g/mol. The Bertz CT molecular complexity index is 534. The van der Waals surface area contributed by atoms with Crippen LogP contribution in [-0.4, -0.2) is 37.6 Å². The van der Waals surface area contributed by atoms with Crippen LogP contribution in [0.15, 0.2) is 18.2 Å². The molecular formula is C14H19Cl2N3O3. The van der Waals surface area contributed by atoms with Crippen LogP contribution in [0, 0.1) is 0 Å². The van der Waals surface area contributed by atoms with Gasteiger partial charge in [0, 0.05) is 31.6 Å².